The van der Waals surface area contributed by atoms with Crippen LogP contribution in [-0.2, 0) is 0 Å². The predicted octanol–water partition coefficient (Wildman–Crippen LogP) is 2.98. The van der Waals surface area contributed by atoms with Gasteiger partial charge < -0.3 is 9.84 Å². The molecule has 1 rings (SSSR count). The Morgan fingerprint density at radius 2 is 2.35 bits per heavy atom. The quantitative estimate of drug-likeness (QED) is 0.515. The molecular formula is C11H12BrNO4. The summed E-state index contributed by atoms with van der Waals surface area (Å²) in [5.74, 6) is 0.0769. The van der Waals surface area contributed by atoms with Crippen LogP contribution in [0.4, 0.5) is 5.69 Å². The molecular weight excluding hydrogens is 290 g/mol. The Bertz CT molecular complexity index is 445. The lowest BCUT2D eigenvalue weighted by Gasteiger charge is -2.13. The smallest absolute Gasteiger partial charge is 0.312 e. The largest absolute Gasteiger partial charge is 0.482 e. The fourth-order valence-electron chi connectivity index (χ4n) is 1.35. The van der Waals surface area contributed by atoms with Crippen LogP contribution in [0.5, 0.6) is 5.75 Å². The highest BCUT2D eigenvalue weighted by atomic mass is 79.9. The summed E-state index contributed by atoms with van der Waals surface area (Å²) < 4.78 is 5.77. The maximum absolute atomic E-state index is 10.9. The molecule has 0 fully saturated rings. The molecule has 1 aromatic carbocycles. The van der Waals surface area contributed by atoms with E-state index in [0.717, 1.165) is 0 Å². The second-order valence-electron chi connectivity index (χ2n) is 3.38. The third-order valence-electron chi connectivity index (χ3n) is 2.06. The van der Waals surface area contributed by atoms with Gasteiger partial charge in [-0.1, -0.05) is 28.6 Å². The first kappa shape index (κ1) is 13.7. The highest BCUT2D eigenvalue weighted by Crippen LogP contribution is 2.37. The van der Waals surface area contributed by atoms with Gasteiger partial charge in [0, 0.05) is 16.1 Å². The molecule has 0 heterocycles. The van der Waals surface area contributed by atoms with Crippen LogP contribution in [0.2, 0.25) is 0 Å². The highest BCUT2D eigenvalue weighted by molar-refractivity contribution is 9.10. The summed E-state index contributed by atoms with van der Waals surface area (Å²) >= 11 is 3.16. The molecule has 0 aromatic heterocycles. The number of ether oxygens (including phenoxy) is 1. The molecule has 0 radical (unpaired) electrons. The van der Waals surface area contributed by atoms with Crippen LogP contribution in [0.15, 0.2) is 29.3 Å². The summed E-state index contributed by atoms with van der Waals surface area (Å²) in [5.41, 5.74) is 0.185. The number of benzene rings is 1. The number of aliphatic hydroxyl groups is 1. The van der Waals surface area contributed by atoms with Crippen LogP contribution in [0.25, 0.3) is 0 Å². The topological polar surface area (TPSA) is 72.6 Å². The fourth-order valence-corrected chi connectivity index (χ4v) is 1.81. The number of nitro benzene ring substituents is 1. The van der Waals surface area contributed by atoms with Crippen molar-refractivity contribution in [1.82, 2.24) is 0 Å². The van der Waals surface area contributed by atoms with Gasteiger partial charge in [0.1, 0.15) is 6.61 Å². The minimum absolute atomic E-state index is 0.0769. The van der Waals surface area contributed by atoms with Crippen LogP contribution in [0, 0.1) is 10.1 Å². The lowest BCUT2D eigenvalue weighted by Crippen LogP contribution is -2.04. The molecule has 1 atom stereocenters. The van der Waals surface area contributed by atoms with E-state index < -0.39 is 11.0 Å². The van der Waals surface area contributed by atoms with E-state index in [9.17, 15) is 15.2 Å². The van der Waals surface area contributed by atoms with Gasteiger partial charge in [-0.05, 0) is 13.0 Å². The standard InChI is InChI=1S/C11H12BrNO4/c1-3-4-17-11-9(7(2)14)5-8(12)6-10(11)13(15)16/h3,5-7,14H,1,4H2,2H3. The van der Waals surface area contributed by atoms with E-state index in [0.29, 0.717) is 10.0 Å². The number of nitrogens with zero attached hydrogens (tertiary/aromatic N) is 1. The minimum Gasteiger partial charge on any atom is -0.482 e. The zero-order chi connectivity index (χ0) is 13.0. The first-order chi connectivity index (χ1) is 7.97. The summed E-state index contributed by atoms with van der Waals surface area (Å²) in [4.78, 5) is 10.4. The molecule has 92 valence electrons. The number of hydrogen-bond donors (Lipinski definition) is 1. The Morgan fingerprint density at radius 1 is 1.71 bits per heavy atom. The van der Waals surface area contributed by atoms with Crippen molar-refractivity contribution in [3.05, 3.63) is 44.9 Å². The Balaban J connectivity index is 3.35. The Labute approximate surface area is 107 Å². The second-order valence-corrected chi connectivity index (χ2v) is 4.29. The molecule has 1 N–H and O–H groups in total. The highest BCUT2D eigenvalue weighted by Gasteiger charge is 2.22. The summed E-state index contributed by atoms with van der Waals surface area (Å²) in [6, 6.07) is 2.93. The van der Waals surface area contributed by atoms with Gasteiger partial charge in [-0.25, -0.2) is 0 Å². The van der Waals surface area contributed by atoms with Crippen molar-refractivity contribution in [3.63, 3.8) is 0 Å². The van der Waals surface area contributed by atoms with Crippen LogP contribution in [-0.4, -0.2) is 16.6 Å². The predicted molar refractivity (Wildman–Crippen MR) is 67.1 cm³/mol. The third-order valence-corrected chi connectivity index (χ3v) is 2.51. The minimum atomic E-state index is -0.856. The third kappa shape index (κ3) is 3.28. The monoisotopic (exact) mass is 301 g/mol. The number of halogens is 1. The van der Waals surface area contributed by atoms with E-state index in [1.54, 1.807) is 6.07 Å². The van der Waals surface area contributed by atoms with E-state index in [4.69, 9.17) is 4.74 Å². The van der Waals surface area contributed by atoms with Gasteiger partial charge in [-0.15, -0.1) is 0 Å². The molecule has 1 unspecified atom stereocenters. The first-order valence-corrected chi connectivity index (χ1v) is 5.66. The van der Waals surface area contributed by atoms with E-state index in [2.05, 4.69) is 22.5 Å². The average molecular weight is 302 g/mol. The molecule has 0 saturated carbocycles. The van der Waals surface area contributed by atoms with Crippen molar-refractivity contribution in [1.29, 1.82) is 0 Å². The summed E-state index contributed by atoms with van der Waals surface area (Å²) in [6.45, 7) is 5.14. The molecule has 0 spiro atoms. The molecule has 6 heteroatoms. The summed E-state index contributed by atoms with van der Waals surface area (Å²) in [6.07, 6.45) is 0.628. The zero-order valence-electron chi connectivity index (χ0n) is 9.22. The molecule has 0 aliphatic carbocycles. The molecule has 0 amide bonds. The van der Waals surface area contributed by atoms with Gasteiger partial charge >= 0.3 is 5.69 Å². The SMILES string of the molecule is C=CCOc1c(C(C)O)cc(Br)cc1[N+](=O)[O-]. The lowest BCUT2D eigenvalue weighted by atomic mass is 10.1. The van der Waals surface area contributed by atoms with E-state index in [1.165, 1.54) is 19.1 Å². The van der Waals surface area contributed by atoms with Crippen molar-refractivity contribution in [2.24, 2.45) is 0 Å². The van der Waals surface area contributed by atoms with Crippen LogP contribution < -0.4 is 4.74 Å². The van der Waals surface area contributed by atoms with Gasteiger partial charge in [-0.3, -0.25) is 10.1 Å². The Morgan fingerprint density at radius 3 is 2.82 bits per heavy atom. The van der Waals surface area contributed by atoms with Crippen LogP contribution in [0.3, 0.4) is 0 Å². The molecule has 5 nitrogen and oxygen atoms in total. The van der Waals surface area contributed by atoms with Gasteiger partial charge in [0.05, 0.1) is 11.0 Å². The van der Waals surface area contributed by atoms with Crippen molar-refractivity contribution >= 4 is 21.6 Å². The van der Waals surface area contributed by atoms with Crippen molar-refractivity contribution < 1.29 is 14.8 Å². The zero-order valence-corrected chi connectivity index (χ0v) is 10.8. The van der Waals surface area contributed by atoms with E-state index in [1.807, 2.05) is 0 Å². The Hall–Kier alpha value is -1.40. The normalized spacial score (nSPS) is 11.9. The van der Waals surface area contributed by atoms with Gasteiger partial charge in [0.15, 0.2) is 0 Å². The van der Waals surface area contributed by atoms with Crippen molar-refractivity contribution in [2.45, 2.75) is 13.0 Å². The molecule has 0 bridgehead atoms. The number of hydrogen-bond acceptors (Lipinski definition) is 4. The number of nitro groups is 1. The molecule has 0 aliphatic rings. The molecule has 1 aromatic rings. The van der Waals surface area contributed by atoms with Gasteiger partial charge in [0.25, 0.3) is 0 Å². The van der Waals surface area contributed by atoms with Crippen molar-refractivity contribution in [2.75, 3.05) is 6.61 Å². The molecule has 0 aliphatic heterocycles. The Kier molecular flexibility index (Phi) is 4.65. The maximum Gasteiger partial charge on any atom is 0.312 e. The fraction of sp³-hybridized carbons (Fsp3) is 0.273. The average Bonchev–Trinajstić information content (AvgIpc) is 2.26. The summed E-state index contributed by atoms with van der Waals surface area (Å²) in [5, 5.41) is 20.5. The second kappa shape index (κ2) is 5.79. The lowest BCUT2D eigenvalue weighted by molar-refractivity contribution is -0.386. The number of rotatable bonds is 5. The summed E-state index contributed by atoms with van der Waals surface area (Å²) in [7, 11) is 0. The van der Waals surface area contributed by atoms with E-state index in [-0.39, 0.29) is 18.0 Å². The molecule has 0 saturated heterocycles. The van der Waals surface area contributed by atoms with Gasteiger partial charge in [0.2, 0.25) is 5.75 Å². The first-order valence-electron chi connectivity index (χ1n) is 4.87. The van der Waals surface area contributed by atoms with Crippen LogP contribution in [0.1, 0.15) is 18.6 Å². The van der Waals surface area contributed by atoms with Crippen LogP contribution >= 0.6 is 15.9 Å². The van der Waals surface area contributed by atoms with E-state index >= 15 is 0 Å². The number of aliphatic hydroxyl groups excluding tert-OH is 1. The van der Waals surface area contributed by atoms with Crippen molar-refractivity contribution in [3.8, 4) is 5.75 Å². The maximum atomic E-state index is 10.9. The van der Waals surface area contributed by atoms with Gasteiger partial charge in [-0.2, -0.15) is 0 Å². The molecule has 17 heavy (non-hydrogen) atoms.